The van der Waals surface area contributed by atoms with Crippen LogP contribution < -0.4 is 10.6 Å². The maximum absolute atomic E-state index is 12.3. The molecule has 0 aliphatic carbocycles. The van der Waals surface area contributed by atoms with Crippen molar-refractivity contribution in [2.24, 2.45) is 0 Å². The van der Waals surface area contributed by atoms with Gasteiger partial charge in [-0.3, -0.25) is 10.1 Å². The third-order valence-corrected chi connectivity index (χ3v) is 3.10. The van der Waals surface area contributed by atoms with E-state index < -0.39 is 24.7 Å². The van der Waals surface area contributed by atoms with Gasteiger partial charge in [-0.15, -0.1) is 0 Å². The Morgan fingerprint density at radius 3 is 2.35 bits per heavy atom. The molecule has 0 saturated heterocycles. The van der Waals surface area contributed by atoms with E-state index in [-0.39, 0.29) is 16.2 Å². The second kappa shape index (κ2) is 8.39. The Hall–Kier alpha value is -3.01. The number of thiocarbonyl (C=S) groups is 1. The fourth-order valence-corrected chi connectivity index (χ4v) is 2.04. The highest BCUT2D eigenvalue weighted by molar-refractivity contribution is 7.80. The van der Waals surface area contributed by atoms with Gasteiger partial charge in [0, 0.05) is 6.20 Å². The summed E-state index contributed by atoms with van der Waals surface area (Å²) in [5.41, 5.74) is -0.486. The first-order valence-corrected chi connectivity index (χ1v) is 7.53. The standard InChI is InChI=1S/C16H12F3N3O3S/c17-16(18,19)9-25-14(24)11-6-2-1-5-10(11)13(23)22-15(26)21-12-7-3-4-8-20-12/h1-8H,9H2,(H2,20,21,22,23,26). The molecule has 10 heteroatoms. The first-order valence-electron chi connectivity index (χ1n) is 7.12. The van der Waals surface area contributed by atoms with Crippen molar-refractivity contribution in [1.29, 1.82) is 0 Å². The Balaban J connectivity index is 2.07. The zero-order valence-electron chi connectivity index (χ0n) is 13.0. The second-order valence-corrected chi connectivity index (χ2v) is 5.27. The van der Waals surface area contributed by atoms with Crippen LogP contribution in [0.25, 0.3) is 0 Å². The van der Waals surface area contributed by atoms with Crippen LogP contribution in [-0.2, 0) is 4.74 Å². The molecule has 26 heavy (non-hydrogen) atoms. The van der Waals surface area contributed by atoms with Crippen molar-refractivity contribution in [2.45, 2.75) is 6.18 Å². The van der Waals surface area contributed by atoms with Crippen LogP contribution >= 0.6 is 12.2 Å². The van der Waals surface area contributed by atoms with Crippen LogP contribution in [0.15, 0.2) is 48.7 Å². The van der Waals surface area contributed by atoms with Crippen LogP contribution in [-0.4, -0.2) is 34.8 Å². The monoisotopic (exact) mass is 383 g/mol. The number of amides is 1. The smallest absolute Gasteiger partial charge is 0.422 e. The predicted octanol–water partition coefficient (Wildman–Crippen LogP) is 2.93. The molecule has 0 atom stereocenters. The summed E-state index contributed by atoms with van der Waals surface area (Å²) in [5.74, 6) is -1.66. The SMILES string of the molecule is O=C(NC(=S)Nc1ccccn1)c1ccccc1C(=O)OCC(F)(F)F. The van der Waals surface area contributed by atoms with Gasteiger partial charge in [-0.1, -0.05) is 18.2 Å². The number of hydrogen-bond acceptors (Lipinski definition) is 5. The summed E-state index contributed by atoms with van der Waals surface area (Å²) in [4.78, 5) is 28.1. The number of ether oxygens (including phenoxy) is 1. The largest absolute Gasteiger partial charge is 0.452 e. The molecule has 1 heterocycles. The second-order valence-electron chi connectivity index (χ2n) is 4.86. The lowest BCUT2D eigenvalue weighted by Gasteiger charge is -2.12. The summed E-state index contributed by atoms with van der Waals surface area (Å²) in [6.45, 7) is -1.75. The Bertz CT molecular complexity index is 813. The van der Waals surface area contributed by atoms with E-state index in [4.69, 9.17) is 12.2 Å². The van der Waals surface area contributed by atoms with Crippen LogP contribution in [0.1, 0.15) is 20.7 Å². The van der Waals surface area contributed by atoms with E-state index in [0.717, 1.165) is 0 Å². The molecule has 2 aromatic rings. The number of nitrogens with zero attached hydrogens (tertiary/aromatic N) is 1. The zero-order chi connectivity index (χ0) is 19.2. The number of hydrogen-bond donors (Lipinski definition) is 2. The van der Waals surface area contributed by atoms with Gasteiger partial charge in [0.1, 0.15) is 5.82 Å². The minimum atomic E-state index is -4.67. The number of benzene rings is 1. The average Bonchev–Trinajstić information content (AvgIpc) is 2.59. The molecule has 1 amide bonds. The van der Waals surface area contributed by atoms with Crippen LogP contribution in [0.4, 0.5) is 19.0 Å². The fraction of sp³-hybridized carbons (Fsp3) is 0.125. The first kappa shape index (κ1) is 19.3. The van der Waals surface area contributed by atoms with Gasteiger partial charge in [-0.25, -0.2) is 9.78 Å². The number of carbonyl (C=O) groups excluding carboxylic acids is 2. The topological polar surface area (TPSA) is 80.3 Å². The molecule has 0 fully saturated rings. The predicted molar refractivity (Wildman–Crippen MR) is 90.7 cm³/mol. The van der Waals surface area contributed by atoms with E-state index in [1.807, 2.05) is 0 Å². The van der Waals surface area contributed by atoms with E-state index >= 15 is 0 Å². The van der Waals surface area contributed by atoms with E-state index in [9.17, 15) is 22.8 Å². The number of esters is 1. The normalized spacial score (nSPS) is 10.7. The molecule has 1 aromatic carbocycles. The molecule has 0 radical (unpaired) electrons. The summed E-state index contributed by atoms with van der Waals surface area (Å²) in [6, 6.07) is 10.3. The van der Waals surface area contributed by atoms with Crippen molar-refractivity contribution in [3.63, 3.8) is 0 Å². The molecule has 2 N–H and O–H groups in total. The van der Waals surface area contributed by atoms with Gasteiger partial charge in [0.25, 0.3) is 5.91 Å². The Labute approximate surface area is 151 Å². The third kappa shape index (κ3) is 5.81. The van der Waals surface area contributed by atoms with Crippen LogP contribution in [0, 0.1) is 0 Å². The summed E-state index contributed by atoms with van der Waals surface area (Å²) < 4.78 is 40.7. The molecule has 1 aromatic heterocycles. The van der Waals surface area contributed by atoms with Crippen LogP contribution in [0.3, 0.4) is 0 Å². The summed E-state index contributed by atoms with van der Waals surface area (Å²) in [5, 5.41) is 4.89. The van der Waals surface area contributed by atoms with Gasteiger partial charge in [-0.05, 0) is 36.5 Å². The maximum Gasteiger partial charge on any atom is 0.422 e. The number of halogens is 3. The molecule has 6 nitrogen and oxygen atoms in total. The fourth-order valence-electron chi connectivity index (χ4n) is 1.84. The highest BCUT2D eigenvalue weighted by Crippen LogP contribution is 2.17. The zero-order valence-corrected chi connectivity index (χ0v) is 13.9. The number of carbonyl (C=O) groups is 2. The molecule has 2 rings (SSSR count). The number of rotatable bonds is 4. The number of anilines is 1. The highest BCUT2D eigenvalue weighted by Gasteiger charge is 2.30. The third-order valence-electron chi connectivity index (χ3n) is 2.89. The van der Waals surface area contributed by atoms with Gasteiger partial charge >= 0.3 is 12.1 Å². The highest BCUT2D eigenvalue weighted by atomic mass is 32.1. The molecule has 0 aliphatic heterocycles. The first-order chi connectivity index (χ1) is 12.3. The minimum Gasteiger partial charge on any atom is -0.452 e. The number of nitrogens with one attached hydrogen (secondary N) is 2. The van der Waals surface area contributed by atoms with Crippen LogP contribution in [0.2, 0.25) is 0 Å². The number of aromatic nitrogens is 1. The van der Waals surface area contributed by atoms with Gasteiger partial charge in [0.2, 0.25) is 0 Å². The van der Waals surface area contributed by atoms with Crippen molar-refractivity contribution in [1.82, 2.24) is 10.3 Å². The molecule has 0 unspecified atom stereocenters. The Kier molecular flexibility index (Phi) is 6.23. The lowest BCUT2D eigenvalue weighted by atomic mass is 10.1. The van der Waals surface area contributed by atoms with Gasteiger partial charge in [0.15, 0.2) is 11.7 Å². The number of pyridine rings is 1. The van der Waals surface area contributed by atoms with Gasteiger partial charge < -0.3 is 10.1 Å². The molecular weight excluding hydrogens is 371 g/mol. The van der Waals surface area contributed by atoms with E-state index in [1.165, 1.54) is 30.5 Å². The van der Waals surface area contributed by atoms with E-state index in [1.54, 1.807) is 18.2 Å². The van der Waals surface area contributed by atoms with Crippen molar-refractivity contribution < 1.29 is 27.5 Å². The van der Waals surface area contributed by atoms with Crippen molar-refractivity contribution in [3.8, 4) is 0 Å². The summed E-state index contributed by atoms with van der Waals surface area (Å²) >= 11 is 4.97. The minimum absolute atomic E-state index is 0.0906. The molecule has 136 valence electrons. The molecule has 0 aliphatic rings. The lowest BCUT2D eigenvalue weighted by Crippen LogP contribution is -2.35. The average molecular weight is 383 g/mol. The lowest BCUT2D eigenvalue weighted by molar-refractivity contribution is -0.161. The van der Waals surface area contributed by atoms with E-state index in [2.05, 4.69) is 20.4 Å². The van der Waals surface area contributed by atoms with Gasteiger partial charge in [-0.2, -0.15) is 13.2 Å². The Morgan fingerprint density at radius 2 is 1.73 bits per heavy atom. The van der Waals surface area contributed by atoms with Gasteiger partial charge in [0.05, 0.1) is 11.1 Å². The van der Waals surface area contributed by atoms with E-state index in [0.29, 0.717) is 5.82 Å². The maximum atomic E-state index is 12.3. The molecular formula is C16H12F3N3O3S. The van der Waals surface area contributed by atoms with Crippen molar-refractivity contribution >= 4 is 35.0 Å². The Morgan fingerprint density at radius 1 is 1.08 bits per heavy atom. The van der Waals surface area contributed by atoms with Crippen molar-refractivity contribution in [2.75, 3.05) is 11.9 Å². The summed E-state index contributed by atoms with van der Waals surface area (Å²) in [6.07, 6.45) is -3.15. The molecule has 0 spiro atoms. The molecule has 0 bridgehead atoms. The molecule has 0 saturated carbocycles. The van der Waals surface area contributed by atoms with Crippen molar-refractivity contribution in [3.05, 3.63) is 59.8 Å². The quantitative estimate of drug-likeness (QED) is 0.624. The summed E-state index contributed by atoms with van der Waals surface area (Å²) in [7, 11) is 0. The number of alkyl halides is 3. The van der Waals surface area contributed by atoms with Crippen LogP contribution in [0.5, 0.6) is 0 Å².